The lowest BCUT2D eigenvalue weighted by Gasteiger charge is -2.36. The van der Waals surface area contributed by atoms with Crippen LogP contribution in [-0.2, 0) is 19.1 Å². The summed E-state index contributed by atoms with van der Waals surface area (Å²) in [4.78, 5) is 27.5. The fourth-order valence-electron chi connectivity index (χ4n) is 4.67. The normalized spacial score (nSPS) is 21.5. The van der Waals surface area contributed by atoms with Crippen molar-refractivity contribution in [2.24, 2.45) is 16.7 Å². The Morgan fingerprint density at radius 1 is 1.03 bits per heavy atom. The van der Waals surface area contributed by atoms with Gasteiger partial charge < -0.3 is 14.4 Å². The van der Waals surface area contributed by atoms with Crippen LogP contribution < -0.4 is 0 Å². The topological polar surface area (TPSA) is 55.8 Å². The zero-order valence-electron chi connectivity index (χ0n) is 20.6. The van der Waals surface area contributed by atoms with Crippen molar-refractivity contribution in [2.45, 2.75) is 110 Å². The van der Waals surface area contributed by atoms with Gasteiger partial charge in [0.1, 0.15) is 9.89 Å². The molecule has 1 fully saturated rings. The number of halogens is 1. The van der Waals surface area contributed by atoms with Crippen LogP contribution in [0, 0.1) is 16.7 Å². The maximum Gasteiger partial charge on any atom is 0.223 e. The molecule has 1 aliphatic heterocycles. The fourth-order valence-corrected chi connectivity index (χ4v) is 4.88. The van der Waals surface area contributed by atoms with E-state index < -0.39 is 0 Å². The summed E-state index contributed by atoms with van der Waals surface area (Å²) in [5, 5.41) is 0. The Hall–Kier alpha value is -0.210. The highest BCUT2D eigenvalue weighted by Crippen LogP contribution is 2.40. The lowest BCUT2D eigenvalue weighted by atomic mass is 9.70. The zero-order valence-corrected chi connectivity index (χ0v) is 22.7. The van der Waals surface area contributed by atoms with Gasteiger partial charge in [0.05, 0.1) is 24.9 Å². The molecule has 1 aliphatic rings. The van der Waals surface area contributed by atoms with Crippen molar-refractivity contribution < 1.29 is 19.1 Å². The van der Waals surface area contributed by atoms with E-state index in [1.54, 1.807) is 0 Å². The average Bonchev–Trinajstić information content (AvgIpc) is 2.92. The van der Waals surface area contributed by atoms with E-state index in [1.807, 2.05) is 39.5 Å². The Kier molecular flexibility index (Phi) is 10.8. The van der Waals surface area contributed by atoms with Gasteiger partial charge in [0.2, 0.25) is 5.91 Å². The second kappa shape index (κ2) is 11.6. The van der Waals surface area contributed by atoms with Gasteiger partial charge in [-0.15, -0.1) is 0 Å². The molecule has 0 N–H and O–H groups in total. The molecule has 1 saturated heterocycles. The molecule has 0 bridgehead atoms. The molecule has 0 spiro atoms. The van der Waals surface area contributed by atoms with E-state index in [9.17, 15) is 9.59 Å². The number of ether oxygens (including phenoxy) is 2. The van der Waals surface area contributed by atoms with Gasteiger partial charge in [-0.25, -0.2) is 0 Å². The molecule has 1 rings (SSSR count). The second-order valence-electron chi connectivity index (χ2n) is 11.1. The number of carbonyl (C=O) groups excluding carboxylic acids is 2. The van der Waals surface area contributed by atoms with Crippen molar-refractivity contribution in [2.75, 3.05) is 13.2 Å². The SMILES string of the molecule is CC(C)OC1CC(COC(C)I)N(C(=O)CC(C)(C)CC(C)(C)CC(=O)C(C)C)C1. The Balaban J connectivity index is 2.80. The highest BCUT2D eigenvalue weighted by molar-refractivity contribution is 14.1. The predicted molar refractivity (Wildman–Crippen MR) is 131 cm³/mol. The van der Waals surface area contributed by atoms with E-state index in [4.69, 9.17) is 9.47 Å². The van der Waals surface area contributed by atoms with E-state index in [1.165, 1.54) is 0 Å². The van der Waals surface area contributed by atoms with Gasteiger partial charge in [-0.05, 0) is 44.4 Å². The summed E-state index contributed by atoms with van der Waals surface area (Å²) < 4.78 is 12.0. The number of hydrogen-bond donors (Lipinski definition) is 0. The Bertz CT molecular complexity index is 572. The fraction of sp³-hybridized carbons (Fsp3) is 0.917. The molecule has 0 saturated carbocycles. The summed E-state index contributed by atoms with van der Waals surface area (Å²) in [6.07, 6.45) is 2.89. The van der Waals surface area contributed by atoms with Crippen LogP contribution in [0.2, 0.25) is 0 Å². The highest BCUT2D eigenvalue weighted by atomic mass is 127. The Labute approximate surface area is 198 Å². The minimum Gasteiger partial charge on any atom is -0.374 e. The first-order valence-electron chi connectivity index (χ1n) is 11.4. The minimum atomic E-state index is -0.184. The number of likely N-dealkylation sites (tertiary alicyclic amines) is 1. The quantitative estimate of drug-likeness (QED) is 0.239. The van der Waals surface area contributed by atoms with E-state index >= 15 is 0 Å². The molecular weight excluding hydrogens is 493 g/mol. The van der Waals surface area contributed by atoms with Gasteiger partial charge in [-0.2, -0.15) is 0 Å². The summed E-state index contributed by atoms with van der Waals surface area (Å²) in [5.41, 5.74) is -0.310. The summed E-state index contributed by atoms with van der Waals surface area (Å²) in [6, 6.07) is 0.0600. The third-order valence-electron chi connectivity index (χ3n) is 5.56. The number of alkyl halides is 1. The molecule has 1 amide bonds. The van der Waals surface area contributed by atoms with Crippen LogP contribution in [0.3, 0.4) is 0 Å². The largest absolute Gasteiger partial charge is 0.374 e. The number of hydrogen-bond acceptors (Lipinski definition) is 4. The Morgan fingerprint density at radius 2 is 1.60 bits per heavy atom. The van der Waals surface area contributed by atoms with Crippen molar-refractivity contribution in [1.29, 1.82) is 0 Å². The van der Waals surface area contributed by atoms with Gasteiger partial charge in [-0.1, -0.05) is 64.1 Å². The molecule has 176 valence electrons. The maximum atomic E-state index is 13.3. The average molecular weight is 538 g/mol. The Morgan fingerprint density at radius 3 is 2.10 bits per heavy atom. The van der Waals surface area contributed by atoms with Gasteiger partial charge in [0.25, 0.3) is 0 Å². The van der Waals surface area contributed by atoms with Gasteiger partial charge >= 0.3 is 0 Å². The van der Waals surface area contributed by atoms with E-state index in [0.29, 0.717) is 31.8 Å². The molecule has 1 heterocycles. The summed E-state index contributed by atoms with van der Waals surface area (Å²) in [7, 11) is 0. The lowest BCUT2D eigenvalue weighted by molar-refractivity contribution is -0.136. The van der Waals surface area contributed by atoms with Crippen molar-refractivity contribution in [1.82, 2.24) is 4.90 Å². The van der Waals surface area contributed by atoms with Gasteiger partial charge in [-0.3, -0.25) is 9.59 Å². The van der Waals surface area contributed by atoms with Crippen molar-refractivity contribution in [3.63, 3.8) is 0 Å². The van der Waals surface area contributed by atoms with Crippen molar-refractivity contribution in [3.8, 4) is 0 Å². The smallest absolute Gasteiger partial charge is 0.223 e. The molecule has 6 heteroatoms. The van der Waals surface area contributed by atoms with Gasteiger partial charge in [0, 0.05) is 25.3 Å². The first kappa shape index (κ1) is 27.8. The number of carbonyl (C=O) groups is 2. The van der Waals surface area contributed by atoms with Crippen LogP contribution in [0.4, 0.5) is 0 Å². The molecular formula is C24H44INO4. The number of nitrogens with zero attached hydrogens (tertiary/aromatic N) is 1. The first-order chi connectivity index (χ1) is 13.6. The summed E-state index contributed by atoms with van der Waals surface area (Å²) >= 11 is 2.24. The van der Waals surface area contributed by atoms with Crippen LogP contribution in [0.1, 0.15) is 88.0 Å². The molecule has 5 nitrogen and oxygen atoms in total. The van der Waals surface area contributed by atoms with Crippen LogP contribution in [-0.4, -0.2) is 52.1 Å². The van der Waals surface area contributed by atoms with E-state index in [-0.39, 0.29) is 45.0 Å². The lowest BCUT2D eigenvalue weighted by Crippen LogP contribution is -2.41. The van der Waals surface area contributed by atoms with Gasteiger partial charge in [0.15, 0.2) is 0 Å². The molecule has 0 aromatic carbocycles. The number of Topliss-reactive ketones (excluding diaryl/α,β-unsaturated/α-hetero) is 1. The molecule has 0 aliphatic carbocycles. The van der Waals surface area contributed by atoms with Crippen molar-refractivity contribution in [3.05, 3.63) is 0 Å². The molecule has 3 unspecified atom stereocenters. The molecule has 0 aromatic heterocycles. The summed E-state index contributed by atoms with van der Waals surface area (Å²) in [5.74, 6) is 0.508. The van der Waals surface area contributed by atoms with Crippen LogP contribution in [0.15, 0.2) is 0 Å². The predicted octanol–water partition coefficient (Wildman–Crippen LogP) is 5.63. The zero-order chi connectivity index (χ0) is 23.3. The standard InChI is InChI=1S/C24H44INO4/c1-16(2)21(27)11-23(6,7)15-24(8,9)12-22(28)26-13-20(30-17(3)4)10-19(26)14-29-18(5)25/h16-20H,10-15H2,1-9H3. The minimum absolute atomic E-state index is 0.0533. The van der Waals surface area contributed by atoms with E-state index in [2.05, 4.69) is 50.3 Å². The molecule has 0 aromatic rings. The second-order valence-corrected chi connectivity index (χ2v) is 12.9. The van der Waals surface area contributed by atoms with Crippen LogP contribution >= 0.6 is 22.6 Å². The van der Waals surface area contributed by atoms with E-state index in [0.717, 1.165) is 12.8 Å². The molecule has 3 atom stereocenters. The first-order valence-corrected chi connectivity index (χ1v) is 12.6. The monoisotopic (exact) mass is 537 g/mol. The molecule has 0 radical (unpaired) electrons. The third-order valence-corrected chi connectivity index (χ3v) is 5.92. The molecule has 30 heavy (non-hydrogen) atoms. The highest BCUT2D eigenvalue weighted by Gasteiger charge is 2.39. The summed E-state index contributed by atoms with van der Waals surface area (Å²) in [6.45, 7) is 19.7. The number of rotatable bonds is 12. The third kappa shape index (κ3) is 9.94. The van der Waals surface area contributed by atoms with Crippen LogP contribution in [0.25, 0.3) is 0 Å². The van der Waals surface area contributed by atoms with Crippen molar-refractivity contribution >= 4 is 34.3 Å². The number of ketones is 1. The maximum absolute atomic E-state index is 13.3. The van der Waals surface area contributed by atoms with Crippen LogP contribution in [0.5, 0.6) is 0 Å². The number of amides is 1.